The number of hydrogen-bond donors (Lipinski definition) is 2. The van der Waals surface area contributed by atoms with E-state index in [0.29, 0.717) is 17.4 Å². The Bertz CT molecular complexity index is 702. The maximum absolute atomic E-state index is 5.72. The zero-order valence-corrected chi connectivity index (χ0v) is 15.8. The van der Waals surface area contributed by atoms with Gasteiger partial charge in [0.15, 0.2) is 16.6 Å². The molecule has 2 aromatic carbocycles. The van der Waals surface area contributed by atoms with Crippen molar-refractivity contribution in [3.05, 3.63) is 48.0 Å². The minimum atomic E-state index is 0.0964. The standard InChI is InChI=1S/C19H24N2O3S/c1-13(2)24-17-10-5-14(11-18(17)23-4)12-20-19(25)21-15-6-8-16(22-3)9-7-15/h5-11,13H,12H2,1-4H3,(H2,20,21,25). The van der Waals surface area contributed by atoms with E-state index in [2.05, 4.69) is 10.6 Å². The quantitative estimate of drug-likeness (QED) is 0.729. The van der Waals surface area contributed by atoms with E-state index in [4.69, 9.17) is 26.4 Å². The fourth-order valence-electron chi connectivity index (χ4n) is 2.21. The number of benzene rings is 2. The van der Waals surface area contributed by atoms with Crippen LogP contribution in [0.1, 0.15) is 19.4 Å². The zero-order valence-electron chi connectivity index (χ0n) is 15.0. The molecular weight excluding hydrogens is 336 g/mol. The van der Waals surface area contributed by atoms with Gasteiger partial charge in [0.05, 0.1) is 20.3 Å². The lowest BCUT2D eigenvalue weighted by Crippen LogP contribution is -2.27. The van der Waals surface area contributed by atoms with Gasteiger partial charge >= 0.3 is 0 Å². The molecular formula is C19H24N2O3S. The van der Waals surface area contributed by atoms with E-state index < -0.39 is 0 Å². The van der Waals surface area contributed by atoms with Crippen LogP contribution in [0.2, 0.25) is 0 Å². The second-order valence-corrected chi connectivity index (χ2v) is 6.10. The normalized spacial score (nSPS) is 10.3. The second kappa shape index (κ2) is 9.13. The first-order valence-electron chi connectivity index (χ1n) is 8.04. The molecule has 0 aromatic heterocycles. The smallest absolute Gasteiger partial charge is 0.171 e. The van der Waals surface area contributed by atoms with Crippen LogP contribution in [0.5, 0.6) is 17.2 Å². The molecule has 0 spiro atoms. The summed E-state index contributed by atoms with van der Waals surface area (Å²) in [4.78, 5) is 0. The molecule has 0 bridgehead atoms. The number of rotatable bonds is 7. The summed E-state index contributed by atoms with van der Waals surface area (Å²) in [5.41, 5.74) is 1.95. The minimum absolute atomic E-state index is 0.0964. The lowest BCUT2D eigenvalue weighted by atomic mass is 10.2. The molecule has 0 aliphatic rings. The molecule has 0 amide bonds. The van der Waals surface area contributed by atoms with Crippen molar-refractivity contribution in [2.24, 2.45) is 0 Å². The monoisotopic (exact) mass is 360 g/mol. The van der Waals surface area contributed by atoms with Crippen molar-refractivity contribution in [3.8, 4) is 17.2 Å². The maximum atomic E-state index is 5.72. The first-order chi connectivity index (χ1) is 12.0. The lowest BCUT2D eigenvalue weighted by Gasteiger charge is -2.15. The first-order valence-corrected chi connectivity index (χ1v) is 8.45. The van der Waals surface area contributed by atoms with Gasteiger partial charge in [0.2, 0.25) is 0 Å². The molecule has 0 saturated heterocycles. The molecule has 2 aromatic rings. The molecule has 25 heavy (non-hydrogen) atoms. The van der Waals surface area contributed by atoms with Crippen molar-refractivity contribution < 1.29 is 14.2 Å². The van der Waals surface area contributed by atoms with Crippen LogP contribution in [0.15, 0.2) is 42.5 Å². The number of thiocarbonyl (C=S) groups is 1. The molecule has 0 radical (unpaired) electrons. The Hall–Kier alpha value is -2.47. The Morgan fingerprint density at radius 1 is 1.00 bits per heavy atom. The Balaban J connectivity index is 1.92. The highest BCUT2D eigenvalue weighted by Crippen LogP contribution is 2.28. The van der Waals surface area contributed by atoms with Gasteiger partial charge in [-0.15, -0.1) is 0 Å². The van der Waals surface area contributed by atoms with Gasteiger partial charge in [-0.3, -0.25) is 0 Å². The third-order valence-corrected chi connectivity index (χ3v) is 3.64. The predicted octanol–water partition coefficient (Wildman–Crippen LogP) is 3.98. The molecule has 0 heterocycles. The van der Waals surface area contributed by atoms with Gasteiger partial charge in [0, 0.05) is 12.2 Å². The van der Waals surface area contributed by atoms with E-state index in [0.717, 1.165) is 22.7 Å². The van der Waals surface area contributed by atoms with E-state index in [-0.39, 0.29) is 6.10 Å². The number of methoxy groups -OCH3 is 2. The van der Waals surface area contributed by atoms with Gasteiger partial charge in [0.25, 0.3) is 0 Å². The average molecular weight is 360 g/mol. The topological polar surface area (TPSA) is 51.8 Å². The molecule has 0 aliphatic carbocycles. The van der Waals surface area contributed by atoms with Crippen LogP contribution in [0.25, 0.3) is 0 Å². The molecule has 5 nitrogen and oxygen atoms in total. The molecule has 2 N–H and O–H groups in total. The third-order valence-electron chi connectivity index (χ3n) is 3.39. The van der Waals surface area contributed by atoms with Crippen molar-refractivity contribution >= 4 is 23.0 Å². The summed E-state index contributed by atoms with van der Waals surface area (Å²) >= 11 is 5.33. The van der Waals surface area contributed by atoms with Crippen LogP contribution in [0.3, 0.4) is 0 Å². The third kappa shape index (κ3) is 5.83. The number of nitrogens with one attached hydrogen (secondary N) is 2. The largest absolute Gasteiger partial charge is 0.497 e. The van der Waals surface area contributed by atoms with Gasteiger partial charge in [-0.1, -0.05) is 6.07 Å². The van der Waals surface area contributed by atoms with E-state index in [1.165, 1.54) is 0 Å². The van der Waals surface area contributed by atoms with Gasteiger partial charge < -0.3 is 24.8 Å². The Morgan fingerprint density at radius 3 is 2.32 bits per heavy atom. The van der Waals surface area contributed by atoms with E-state index >= 15 is 0 Å². The van der Waals surface area contributed by atoms with Gasteiger partial charge in [-0.2, -0.15) is 0 Å². The summed E-state index contributed by atoms with van der Waals surface area (Å²) < 4.78 is 16.3. The van der Waals surface area contributed by atoms with Crippen molar-refractivity contribution in [3.63, 3.8) is 0 Å². The number of ether oxygens (including phenoxy) is 3. The highest BCUT2D eigenvalue weighted by Gasteiger charge is 2.08. The van der Waals surface area contributed by atoms with Crippen molar-refractivity contribution in [2.45, 2.75) is 26.5 Å². The highest BCUT2D eigenvalue weighted by molar-refractivity contribution is 7.80. The summed E-state index contributed by atoms with van der Waals surface area (Å²) in [5, 5.41) is 6.87. The molecule has 0 aliphatic heterocycles. The molecule has 0 saturated carbocycles. The van der Waals surface area contributed by atoms with Crippen molar-refractivity contribution in [1.82, 2.24) is 5.32 Å². The molecule has 0 atom stereocenters. The Labute approximate surface area is 154 Å². The van der Waals surface area contributed by atoms with E-state index in [9.17, 15) is 0 Å². The predicted molar refractivity (Wildman–Crippen MR) is 105 cm³/mol. The van der Waals surface area contributed by atoms with Crippen LogP contribution >= 0.6 is 12.2 Å². The summed E-state index contributed by atoms with van der Waals surface area (Å²) in [7, 11) is 3.27. The number of anilines is 1. The van der Waals surface area contributed by atoms with Crippen molar-refractivity contribution in [2.75, 3.05) is 19.5 Å². The average Bonchev–Trinajstić information content (AvgIpc) is 2.61. The van der Waals surface area contributed by atoms with Crippen LogP contribution < -0.4 is 24.8 Å². The van der Waals surface area contributed by atoms with E-state index in [1.807, 2.05) is 56.3 Å². The lowest BCUT2D eigenvalue weighted by molar-refractivity contribution is 0.230. The first kappa shape index (κ1) is 18.9. The SMILES string of the molecule is COc1ccc(NC(=S)NCc2ccc(OC(C)C)c(OC)c2)cc1. The molecule has 134 valence electrons. The Kier molecular flexibility index (Phi) is 6.89. The fourth-order valence-corrected chi connectivity index (χ4v) is 2.40. The summed E-state index contributed by atoms with van der Waals surface area (Å²) in [6.07, 6.45) is 0.0964. The minimum Gasteiger partial charge on any atom is -0.497 e. The van der Waals surface area contributed by atoms with Crippen LogP contribution in [0.4, 0.5) is 5.69 Å². The van der Waals surface area contributed by atoms with Gasteiger partial charge in [-0.05, 0) is 68.0 Å². The molecule has 2 rings (SSSR count). The number of hydrogen-bond acceptors (Lipinski definition) is 4. The van der Waals surface area contributed by atoms with Crippen LogP contribution in [0, 0.1) is 0 Å². The molecule has 0 fully saturated rings. The second-order valence-electron chi connectivity index (χ2n) is 5.69. The molecule has 0 unspecified atom stereocenters. The highest BCUT2D eigenvalue weighted by atomic mass is 32.1. The summed E-state index contributed by atoms with van der Waals surface area (Å²) in [5.74, 6) is 2.25. The van der Waals surface area contributed by atoms with Gasteiger partial charge in [-0.25, -0.2) is 0 Å². The van der Waals surface area contributed by atoms with Crippen LogP contribution in [-0.4, -0.2) is 25.4 Å². The zero-order chi connectivity index (χ0) is 18.2. The molecule has 6 heteroatoms. The summed E-state index contributed by atoms with van der Waals surface area (Å²) in [6.45, 7) is 4.55. The van der Waals surface area contributed by atoms with Gasteiger partial charge in [0.1, 0.15) is 5.75 Å². The fraction of sp³-hybridized carbons (Fsp3) is 0.316. The van der Waals surface area contributed by atoms with Crippen LogP contribution in [-0.2, 0) is 6.54 Å². The summed E-state index contributed by atoms with van der Waals surface area (Å²) in [6, 6.07) is 13.4. The Morgan fingerprint density at radius 2 is 1.72 bits per heavy atom. The van der Waals surface area contributed by atoms with Crippen molar-refractivity contribution in [1.29, 1.82) is 0 Å². The maximum Gasteiger partial charge on any atom is 0.171 e. The van der Waals surface area contributed by atoms with E-state index in [1.54, 1.807) is 14.2 Å².